The highest BCUT2D eigenvalue weighted by molar-refractivity contribution is 14.1. The van der Waals surface area contributed by atoms with E-state index in [0.29, 0.717) is 36.2 Å². The van der Waals surface area contributed by atoms with Crippen LogP contribution in [0.15, 0.2) is 66.7 Å². The number of hydrogen-bond acceptors (Lipinski definition) is 11. The Morgan fingerprint density at radius 2 is 1.34 bits per heavy atom. The number of rotatable bonds is 13. The SMILES string of the molecule is CI.CI.COC(=O)Cc1cc(C#CCOC(=O)NCc2cccc(CN)c2)cc(C#CCOC(=O)NC2CC(C(=O)OC)N(C(=O)CCc3ccc(CN)cc3)C2)c1. The molecule has 2 atom stereocenters. The molecule has 0 radical (unpaired) electrons. The lowest BCUT2D eigenvalue weighted by Gasteiger charge is -2.22. The molecule has 0 aromatic heterocycles. The van der Waals surface area contributed by atoms with E-state index >= 15 is 0 Å². The molecule has 3 aromatic rings. The molecule has 316 valence electrons. The standard InChI is InChI=1S/C41H45N5O9.2CH3I/c1-52-38(48)22-34-19-30(8-4-16-54-40(50)44-26-33-7-3-6-32(21-33)25-43)18-31(20-34)9-5-17-55-41(51)45-35-23-36(39(49)53-2)46(27-35)37(47)15-14-28-10-12-29(24-42)13-11-28;2*1-2/h3,6-7,10-13,18-21,35-36H,14-17,22-27,42-43H2,1-2H3,(H,44,50)(H,45,51);2*1H3. The number of esters is 2. The van der Waals surface area contributed by atoms with E-state index in [9.17, 15) is 24.0 Å². The molecule has 6 N–H and O–H groups in total. The average Bonchev–Trinajstić information content (AvgIpc) is 3.70. The maximum absolute atomic E-state index is 13.1. The van der Waals surface area contributed by atoms with Crippen LogP contribution in [0, 0.1) is 23.7 Å². The quantitative estimate of drug-likeness (QED) is 0.0616. The van der Waals surface area contributed by atoms with Gasteiger partial charge in [0.2, 0.25) is 5.91 Å². The van der Waals surface area contributed by atoms with Crippen LogP contribution >= 0.6 is 45.2 Å². The second-order valence-electron chi connectivity index (χ2n) is 12.5. The molecule has 1 fully saturated rings. The third-order valence-electron chi connectivity index (χ3n) is 8.55. The molecule has 14 nitrogen and oxygen atoms in total. The van der Waals surface area contributed by atoms with Crippen molar-refractivity contribution in [2.45, 2.75) is 57.4 Å². The van der Waals surface area contributed by atoms with Crippen molar-refractivity contribution in [2.24, 2.45) is 11.5 Å². The molecule has 3 amide bonds. The first kappa shape index (κ1) is 50.3. The van der Waals surface area contributed by atoms with Gasteiger partial charge in [-0.15, -0.1) is 0 Å². The van der Waals surface area contributed by atoms with Crippen LogP contribution in [-0.4, -0.2) is 90.9 Å². The molecule has 1 saturated heterocycles. The summed E-state index contributed by atoms with van der Waals surface area (Å²) in [4.78, 5) is 67.8. The highest BCUT2D eigenvalue weighted by atomic mass is 127. The van der Waals surface area contributed by atoms with Gasteiger partial charge in [-0.05, 0) is 62.3 Å². The summed E-state index contributed by atoms with van der Waals surface area (Å²) in [6.45, 7) is 0.750. The van der Waals surface area contributed by atoms with E-state index in [0.717, 1.165) is 22.3 Å². The molecule has 1 heterocycles. The number of methoxy groups -OCH3 is 2. The second-order valence-corrected chi connectivity index (χ2v) is 12.5. The van der Waals surface area contributed by atoms with Crippen molar-refractivity contribution in [3.63, 3.8) is 0 Å². The van der Waals surface area contributed by atoms with Gasteiger partial charge in [-0.25, -0.2) is 14.4 Å². The first-order chi connectivity index (χ1) is 28.6. The number of ether oxygens (including phenoxy) is 4. The molecule has 16 heteroatoms. The molecule has 3 aromatic carbocycles. The minimum atomic E-state index is -0.842. The monoisotopic (exact) mass is 1040 g/mol. The van der Waals surface area contributed by atoms with Gasteiger partial charge in [-0.3, -0.25) is 9.59 Å². The summed E-state index contributed by atoms with van der Waals surface area (Å²) in [6.07, 6.45) is -0.610. The van der Waals surface area contributed by atoms with Crippen molar-refractivity contribution in [1.29, 1.82) is 0 Å². The van der Waals surface area contributed by atoms with Crippen LogP contribution in [-0.2, 0) is 65.8 Å². The molecule has 1 aliphatic rings. The Balaban J connectivity index is 0.00000291. The Hall–Kier alpha value is -4.89. The third kappa shape index (κ3) is 18.3. The Labute approximate surface area is 373 Å². The van der Waals surface area contributed by atoms with Crippen LogP contribution in [0.25, 0.3) is 0 Å². The number of carbonyl (C=O) groups is 5. The van der Waals surface area contributed by atoms with Gasteiger partial charge < -0.3 is 45.9 Å². The van der Waals surface area contributed by atoms with E-state index in [2.05, 4.69) is 79.5 Å². The van der Waals surface area contributed by atoms with Crippen LogP contribution in [0.5, 0.6) is 0 Å². The van der Waals surface area contributed by atoms with Gasteiger partial charge in [0, 0.05) is 50.1 Å². The zero-order valence-electron chi connectivity index (χ0n) is 33.6. The number of nitrogens with two attached hydrogens (primary N) is 2. The second kappa shape index (κ2) is 28.5. The normalized spacial score (nSPS) is 13.5. The van der Waals surface area contributed by atoms with Gasteiger partial charge in [-0.1, -0.05) is 117 Å². The molecule has 2 unspecified atom stereocenters. The number of benzene rings is 3. The highest BCUT2D eigenvalue weighted by Crippen LogP contribution is 2.21. The number of aryl methyl sites for hydroxylation is 1. The number of nitrogens with one attached hydrogen (secondary N) is 2. The van der Waals surface area contributed by atoms with Crippen molar-refractivity contribution in [1.82, 2.24) is 15.5 Å². The fraction of sp³-hybridized carbons (Fsp3) is 0.372. The molecular weight excluding hydrogens is 984 g/mol. The summed E-state index contributed by atoms with van der Waals surface area (Å²) in [5, 5.41) is 5.37. The van der Waals surface area contributed by atoms with Crippen LogP contribution in [0.2, 0.25) is 0 Å². The number of nitrogens with zero attached hydrogens (tertiary/aromatic N) is 1. The molecule has 0 saturated carbocycles. The van der Waals surface area contributed by atoms with E-state index in [-0.39, 0.29) is 51.5 Å². The summed E-state index contributed by atoms with van der Waals surface area (Å²) >= 11 is 4.30. The van der Waals surface area contributed by atoms with Crippen LogP contribution < -0.4 is 22.1 Å². The minimum absolute atomic E-state index is 0.0285. The number of likely N-dealkylation sites (tertiary alicyclic amines) is 1. The topological polar surface area (TPSA) is 202 Å². The number of alkyl halides is 2. The smallest absolute Gasteiger partial charge is 0.408 e. The van der Waals surface area contributed by atoms with Crippen molar-refractivity contribution < 1.29 is 42.9 Å². The van der Waals surface area contributed by atoms with Crippen LogP contribution in [0.4, 0.5) is 9.59 Å². The molecular formula is C43H51I2N5O9. The average molecular weight is 1040 g/mol. The van der Waals surface area contributed by atoms with Gasteiger partial charge in [0.1, 0.15) is 6.04 Å². The van der Waals surface area contributed by atoms with E-state index in [1.165, 1.54) is 19.1 Å². The maximum Gasteiger partial charge on any atom is 0.408 e. The first-order valence-corrected chi connectivity index (χ1v) is 22.6. The lowest BCUT2D eigenvalue weighted by molar-refractivity contribution is -0.150. The van der Waals surface area contributed by atoms with E-state index in [1.807, 2.05) is 58.4 Å². The largest absolute Gasteiger partial charge is 0.469 e. The summed E-state index contributed by atoms with van der Waals surface area (Å²) in [5.41, 5.74) is 16.7. The molecule has 1 aliphatic heterocycles. The number of halogens is 2. The summed E-state index contributed by atoms with van der Waals surface area (Å²) < 4.78 is 20.1. The van der Waals surface area contributed by atoms with Gasteiger partial charge in [0.25, 0.3) is 0 Å². The number of carbonyl (C=O) groups excluding carboxylic acids is 5. The van der Waals surface area contributed by atoms with Crippen molar-refractivity contribution >= 4 is 75.2 Å². The Morgan fingerprint density at radius 1 is 0.746 bits per heavy atom. The number of alkyl carbamates (subject to hydrolysis) is 2. The fourth-order valence-electron chi connectivity index (χ4n) is 5.77. The van der Waals surface area contributed by atoms with Crippen LogP contribution in [0.1, 0.15) is 51.8 Å². The number of hydrogen-bond donors (Lipinski definition) is 4. The fourth-order valence-corrected chi connectivity index (χ4v) is 5.77. The molecule has 0 spiro atoms. The van der Waals surface area contributed by atoms with Crippen LogP contribution in [0.3, 0.4) is 0 Å². The molecule has 0 bridgehead atoms. The summed E-state index contributed by atoms with van der Waals surface area (Å²) in [6, 6.07) is 18.8. The lowest BCUT2D eigenvalue weighted by atomic mass is 10.0. The Kier molecular flexibility index (Phi) is 24.3. The summed E-state index contributed by atoms with van der Waals surface area (Å²) in [7, 11) is 2.54. The van der Waals surface area contributed by atoms with Crippen molar-refractivity contribution in [3.8, 4) is 23.7 Å². The predicted octanol–water partition coefficient (Wildman–Crippen LogP) is 4.55. The number of amides is 3. The minimum Gasteiger partial charge on any atom is -0.469 e. The van der Waals surface area contributed by atoms with Gasteiger partial charge in [-0.2, -0.15) is 0 Å². The molecule has 4 rings (SSSR count). The molecule has 0 aliphatic carbocycles. The van der Waals surface area contributed by atoms with Crippen molar-refractivity contribution in [3.05, 3.63) is 106 Å². The first-order valence-electron chi connectivity index (χ1n) is 18.3. The van der Waals surface area contributed by atoms with E-state index in [4.69, 9.17) is 30.4 Å². The van der Waals surface area contributed by atoms with Gasteiger partial charge in [0.15, 0.2) is 13.2 Å². The third-order valence-corrected chi connectivity index (χ3v) is 8.55. The maximum atomic E-state index is 13.1. The highest BCUT2D eigenvalue weighted by Gasteiger charge is 2.40. The van der Waals surface area contributed by atoms with Gasteiger partial charge >= 0.3 is 24.1 Å². The Bertz CT molecular complexity index is 1970. The lowest BCUT2D eigenvalue weighted by Crippen LogP contribution is -2.42. The summed E-state index contributed by atoms with van der Waals surface area (Å²) in [5.74, 6) is 10.1. The molecule has 59 heavy (non-hydrogen) atoms. The van der Waals surface area contributed by atoms with E-state index < -0.39 is 36.2 Å². The zero-order valence-corrected chi connectivity index (χ0v) is 37.9. The predicted molar refractivity (Wildman–Crippen MR) is 241 cm³/mol. The van der Waals surface area contributed by atoms with E-state index in [1.54, 1.807) is 18.2 Å². The van der Waals surface area contributed by atoms with Gasteiger partial charge in [0.05, 0.1) is 26.7 Å². The zero-order chi connectivity index (χ0) is 43.6. The Morgan fingerprint density at radius 3 is 1.93 bits per heavy atom. The van der Waals surface area contributed by atoms with Crippen molar-refractivity contribution in [2.75, 3.05) is 43.8 Å².